The normalized spacial score (nSPS) is 15.4. The van der Waals surface area contributed by atoms with Gasteiger partial charge in [0.1, 0.15) is 0 Å². The molecule has 2 heteroatoms. The Hall–Kier alpha value is 0.860. The van der Waals surface area contributed by atoms with Gasteiger partial charge in [0.25, 0.3) is 0 Å². The zero-order valence-corrected chi connectivity index (χ0v) is 7.93. The first kappa shape index (κ1) is 8.86. The van der Waals surface area contributed by atoms with Crippen molar-refractivity contribution in [1.82, 2.24) is 0 Å². The van der Waals surface area contributed by atoms with Crippen LogP contribution < -0.4 is 0 Å². The first-order valence-corrected chi connectivity index (χ1v) is 6.16. The number of hydrogen-bond acceptors (Lipinski definition) is 0. The Kier molecular flexibility index (Phi) is 6.63. The third-order valence-electron chi connectivity index (χ3n) is 1.28. The van der Waals surface area contributed by atoms with Crippen molar-refractivity contribution in [3.63, 3.8) is 0 Å². The first-order valence-electron chi connectivity index (χ1n) is 3.27. The van der Waals surface area contributed by atoms with Crippen LogP contribution in [-0.2, 0) is 0 Å². The zero-order chi connectivity index (χ0) is 6.41. The molecule has 0 N–H and O–H groups in total. The van der Waals surface area contributed by atoms with Gasteiger partial charge in [0.15, 0.2) is 0 Å². The van der Waals surface area contributed by atoms with Gasteiger partial charge < -0.3 is 0 Å². The van der Waals surface area contributed by atoms with E-state index in [1.165, 1.54) is 19.3 Å². The predicted molar refractivity (Wildman–Crippen MR) is 47.0 cm³/mol. The summed E-state index contributed by atoms with van der Waals surface area (Å²) >= 11 is 0. The van der Waals surface area contributed by atoms with Crippen LogP contribution in [0.15, 0.2) is 0 Å². The van der Waals surface area contributed by atoms with Crippen molar-refractivity contribution in [3.05, 3.63) is 0 Å². The van der Waals surface area contributed by atoms with Gasteiger partial charge in [0.2, 0.25) is 0 Å². The molecule has 0 radical (unpaired) electrons. The summed E-state index contributed by atoms with van der Waals surface area (Å²) in [6.07, 6.45) is 4.17. The van der Waals surface area contributed by atoms with Gasteiger partial charge in [-0.25, -0.2) is 0 Å². The summed E-state index contributed by atoms with van der Waals surface area (Å²) in [4.78, 5) is 0. The highest BCUT2D eigenvalue weighted by Gasteiger charge is 1.94. The lowest BCUT2D eigenvalue weighted by molar-refractivity contribution is 0.712. The van der Waals surface area contributed by atoms with Crippen LogP contribution in [-0.4, -0.2) is 5.66 Å². The van der Waals surface area contributed by atoms with E-state index in [2.05, 4.69) is 22.8 Å². The molecule has 0 saturated heterocycles. The molecule has 0 heterocycles. The Balaban J connectivity index is 2.86. The summed E-state index contributed by atoms with van der Waals surface area (Å²) in [7, 11) is 3.87. The van der Waals surface area contributed by atoms with E-state index in [9.17, 15) is 0 Å². The van der Waals surface area contributed by atoms with Crippen LogP contribution in [0.5, 0.6) is 0 Å². The Morgan fingerprint density at radius 1 is 1.62 bits per heavy atom. The Morgan fingerprint density at radius 3 is 2.62 bits per heavy atom. The van der Waals surface area contributed by atoms with Crippen LogP contribution >= 0.6 is 17.2 Å². The van der Waals surface area contributed by atoms with Crippen molar-refractivity contribution in [2.75, 3.05) is 0 Å². The van der Waals surface area contributed by atoms with Crippen molar-refractivity contribution in [1.29, 1.82) is 0 Å². The molecule has 0 aromatic carbocycles. The third kappa shape index (κ3) is 5.01. The van der Waals surface area contributed by atoms with E-state index < -0.39 is 0 Å². The molecule has 50 valence electrons. The quantitative estimate of drug-likeness (QED) is 0.540. The lowest BCUT2D eigenvalue weighted by atomic mass is 10.2. The van der Waals surface area contributed by atoms with E-state index in [4.69, 9.17) is 0 Å². The summed E-state index contributed by atoms with van der Waals surface area (Å²) in [5, 5.41) is 0. The van der Waals surface area contributed by atoms with E-state index in [0.29, 0.717) is 0 Å². The highest BCUT2D eigenvalue weighted by molar-refractivity contribution is 8.03. The van der Waals surface area contributed by atoms with Gasteiger partial charge in [0.05, 0.1) is 0 Å². The summed E-state index contributed by atoms with van der Waals surface area (Å²) in [5.74, 6) is 0. The maximum Gasteiger partial charge on any atom is -0.0231 e. The minimum absolute atomic E-state index is 0.944. The lowest BCUT2D eigenvalue weighted by Gasteiger charge is -2.04. The number of rotatable bonds is 4. The minimum atomic E-state index is 0.944. The molecule has 0 saturated carbocycles. The van der Waals surface area contributed by atoms with Crippen LogP contribution in [0.1, 0.15) is 33.1 Å². The van der Waals surface area contributed by atoms with E-state index in [1.54, 1.807) is 0 Å². The second-order valence-electron chi connectivity index (χ2n) is 2.21. The number of unbranched alkanes of at least 4 members (excludes halogenated alkanes) is 1. The smallest absolute Gasteiger partial charge is 0.0231 e. The number of hydrogen-bond donors (Lipinski definition) is 0. The van der Waals surface area contributed by atoms with Gasteiger partial charge in [-0.15, -0.1) is 8.93 Å². The molecule has 0 rings (SSSR count). The van der Waals surface area contributed by atoms with E-state index in [-0.39, 0.29) is 0 Å². The predicted octanol–water partition coefficient (Wildman–Crippen LogP) is 3.03. The average molecular weight is 150 g/mol. The summed E-state index contributed by atoms with van der Waals surface area (Å²) in [6, 6.07) is 0. The van der Waals surface area contributed by atoms with E-state index in [1.807, 2.05) is 0 Å². The first-order chi connectivity index (χ1) is 3.81. The van der Waals surface area contributed by atoms with Gasteiger partial charge in [-0.3, -0.25) is 0 Å². The molecular weight excluding hydrogens is 134 g/mol. The van der Waals surface area contributed by atoms with Crippen molar-refractivity contribution >= 4 is 17.2 Å². The van der Waals surface area contributed by atoms with Gasteiger partial charge >= 0.3 is 0 Å². The van der Waals surface area contributed by atoms with Crippen LogP contribution in [0.25, 0.3) is 0 Å². The molecule has 0 nitrogen and oxygen atoms in total. The Labute approximate surface area is 56.7 Å². The van der Waals surface area contributed by atoms with E-state index in [0.717, 1.165) is 13.9 Å². The molecule has 3 unspecified atom stereocenters. The standard InChI is InChI=1S/C6H16P2/c1-3-4-5-6(2)8-7/h6,8H,3-5,7H2,1-2H3. The van der Waals surface area contributed by atoms with Crippen molar-refractivity contribution < 1.29 is 0 Å². The molecule has 0 aromatic rings. The summed E-state index contributed by atoms with van der Waals surface area (Å²) < 4.78 is 0. The largest absolute Gasteiger partial charge is 0.114 e. The molecule has 3 atom stereocenters. The monoisotopic (exact) mass is 150 g/mol. The van der Waals surface area contributed by atoms with Crippen molar-refractivity contribution in [3.8, 4) is 0 Å². The van der Waals surface area contributed by atoms with E-state index >= 15 is 0 Å². The molecule has 0 aliphatic heterocycles. The minimum Gasteiger partial charge on any atom is -0.114 e. The molecule has 0 bridgehead atoms. The van der Waals surface area contributed by atoms with Crippen LogP contribution in [0.3, 0.4) is 0 Å². The molecule has 0 aliphatic rings. The summed E-state index contributed by atoms with van der Waals surface area (Å²) in [5.41, 5.74) is 0.944. The fraction of sp³-hybridized carbons (Fsp3) is 1.00. The van der Waals surface area contributed by atoms with Crippen LogP contribution in [0.2, 0.25) is 0 Å². The molecular formula is C6H16P2. The fourth-order valence-electron chi connectivity index (χ4n) is 0.594. The van der Waals surface area contributed by atoms with Gasteiger partial charge in [-0.05, 0) is 12.1 Å². The molecule has 8 heavy (non-hydrogen) atoms. The SMILES string of the molecule is CCCCC(C)PP. The lowest BCUT2D eigenvalue weighted by Crippen LogP contribution is -1.88. The molecule has 0 aromatic heterocycles. The van der Waals surface area contributed by atoms with Crippen molar-refractivity contribution in [2.45, 2.75) is 38.8 Å². The molecule has 0 amide bonds. The molecule has 0 fully saturated rings. The third-order valence-corrected chi connectivity index (χ3v) is 3.84. The average Bonchev–Trinajstić information content (AvgIpc) is 1.83. The van der Waals surface area contributed by atoms with Gasteiger partial charge in [-0.2, -0.15) is 0 Å². The highest BCUT2D eigenvalue weighted by atomic mass is 32.0. The maximum atomic E-state index is 2.82. The summed E-state index contributed by atoms with van der Waals surface area (Å²) in [6.45, 7) is 4.57. The van der Waals surface area contributed by atoms with Gasteiger partial charge in [-0.1, -0.05) is 35.0 Å². The molecule has 0 aliphatic carbocycles. The topological polar surface area (TPSA) is 0 Å². The highest BCUT2D eigenvalue weighted by Crippen LogP contribution is 2.30. The zero-order valence-electron chi connectivity index (χ0n) is 5.78. The molecule has 0 spiro atoms. The second kappa shape index (κ2) is 5.99. The fourth-order valence-corrected chi connectivity index (χ4v) is 1.46. The Morgan fingerprint density at radius 2 is 2.25 bits per heavy atom. The Bertz CT molecular complexity index is 45.8. The van der Waals surface area contributed by atoms with Gasteiger partial charge in [0, 0.05) is 0 Å². The van der Waals surface area contributed by atoms with Crippen molar-refractivity contribution in [2.24, 2.45) is 0 Å². The van der Waals surface area contributed by atoms with Crippen LogP contribution in [0.4, 0.5) is 0 Å². The second-order valence-corrected chi connectivity index (χ2v) is 4.53. The van der Waals surface area contributed by atoms with Crippen LogP contribution in [0, 0.1) is 0 Å². The maximum absolute atomic E-state index is 2.82.